The molecule has 1 fully saturated rings. The lowest BCUT2D eigenvalue weighted by Crippen LogP contribution is -2.42. The van der Waals surface area contributed by atoms with Crippen molar-refractivity contribution in [3.05, 3.63) is 65.9 Å². The highest BCUT2D eigenvalue weighted by Crippen LogP contribution is 2.39. The number of rotatable bonds is 6. The molecule has 10 heteroatoms. The molecule has 1 atom stereocenters. The second-order valence-electron chi connectivity index (χ2n) is 8.36. The smallest absolute Gasteiger partial charge is 0.422 e. The summed E-state index contributed by atoms with van der Waals surface area (Å²) in [6.07, 6.45) is 3.19. The van der Waals surface area contributed by atoms with E-state index in [0.29, 0.717) is 18.9 Å². The van der Waals surface area contributed by atoms with E-state index in [1.165, 1.54) is 18.3 Å². The fourth-order valence-corrected chi connectivity index (χ4v) is 3.82. The Balaban J connectivity index is 1.26. The van der Waals surface area contributed by atoms with Gasteiger partial charge in [0.25, 0.3) is 5.91 Å². The minimum atomic E-state index is -4.46. The van der Waals surface area contributed by atoms with Crippen molar-refractivity contribution in [3.63, 3.8) is 0 Å². The molecule has 1 aliphatic heterocycles. The number of nitrogens with one attached hydrogen (secondary N) is 1. The largest absolute Gasteiger partial charge is 0.491 e. The zero-order valence-corrected chi connectivity index (χ0v) is 18.0. The Kier molecular flexibility index (Phi) is 5.80. The normalized spacial score (nSPS) is 17.4. The minimum Gasteiger partial charge on any atom is -0.491 e. The van der Waals surface area contributed by atoms with Gasteiger partial charge in [0.2, 0.25) is 5.88 Å². The van der Waals surface area contributed by atoms with Crippen LogP contribution in [0.3, 0.4) is 0 Å². The molecular formula is C24H21F3N4O3. The number of benzene rings is 1. The van der Waals surface area contributed by atoms with E-state index in [1.54, 1.807) is 0 Å². The zero-order valence-electron chi connectivity index (χ0n) is 18.0. The standard InChI is InChI=1S/C24H21F3N4O3/c25-24(26,27)13-34-21-7-6-15(9-28-21)23(32)31-17-8-19-18(2-1-3-20(19)33-12-17)16-10-29-22(30-11-16)14-4-5-14/h1-3,6-7,9-11,14,17H,4-5,8,12-13H2,(H,31,32)/t17-/m0/s1. The highest BCUT2D eigenvalue weighted by Gasteiger charge is 2.29. The number of fused-ring (bicyclic) bond motifs is 1. The van der Waals surface area contributed by atoms with Crippen LogP contribution in [0.4, 0.5) is 13.2 Å². The van der Waals surface area contributed by atoms with Crippen LogP contribution in [0.1, 0.15) is 40.5 Å². The number of hydrogen-bond donors (Lipinski definition) is 1. The van der Waals surface area contributed by atoms with E-state index in [9.17, 15) is 18.0 Å². The summed E-state index contributed by atoms with van der Waals surface area (Å²) in [7, 11) is 0. The number of halogens is 3. The summed E-state index contributed by atoms with van der Waals surface area (Å²) in [5, 5.41) is 2.91. The van der Waals surface area contributed by atoms with Gasteiger partial charge in [-0.15, -0.1) is 0 Å². The topological polar surface area (TPSA) is 86.2 Å². The summed E-state index contributed by atoms with van der Waals surface area (Å²) in [5.74, 6) is 1.49. The van der Waals surface area contributed by atoms with Gasteiger partial charge in [-0.3, -0.25) is 4.79 Å². The summed E-state index contributed by atoms with van der Waals surface area (Å²) in [4.78, 5) is 25.5. The van der Waals surface area contributed by atoms with Gasteiger partial charge in [0.1, 0.15) is 18.2 Å². The van der Waals surface area contributed by atoms with Crippen molar-refractivity contribution in [1.29, 1.82) is 0 Å². The number of alkyl halides is 3. The molecule has 2 aliphatic rings. The second-order valence-corrected chi connectivity index (χ2v) is 8.36. The maximum atomic E-state index is 12.7. The van der Waals surface area contributed by atoms with Gasteiger partial charge in [-0.25, -0.2) is 15.0 Å². The molecule has 0 bridgehead atoms. The first-order chi connectivity index (χ1) is 16.4. The van der Waals surface area contributed by atoms with E-state index >= 15 is 0 Å². The Bertz CT molecular complexity index is 1180. The fraction of sp³-hybridized carbons (Fsp3) is 0.333. The molecule has 0 unspecified atom stereocenters. The summed E-state index contributed by atoms with van der Waals surface area (Å²) >= 11 is 0. The molecule has 1 aromatic carbocycles. The number of carbonyl (C=O) groups excluding carboxylic acids is 1. The van der Waals surface area contributed by atoms with Gasteiger partial charge in [-0.2, -0.15) is 13.2 Å². The molecule has 3 aromatic rings. The van der Waals surface area contributed by atoms with Gasteiger partial charge >= 0.3 is 6.18 Å². The maximum Gasteiger partial charge on any atom is 0.422 e. The first-order valence-electron chi connectivity index (χ1n) is 10.9. The first kappa shape index (κ1) is 22.1. The number of nitrogens with zero attached hydrogens (tertiary/aromatic N) is 3. The van der Waals surface area contributed by atoms with Crippen LogP contribution in [0.2, 0.25) is 0 Å². The Hall–Kier alpha value is -3.69. The van der Waals surface area contributed by atoms with Crippen LogP contribution in [0.15, 0.2) is 48.9 Å². The summed E-state index contributed by atoms with van der Waals surface area (Å²) < 4.78 is 47.3. The van der Waals surface area contributed by atoms with E-state index in [1.807, 2.05) is 30.6 Å². The van der Waals surface area contributed by atoms with Gasteiger partial charge in [0.15, 0.2) is 6.61 Å². The Morgan fingerprint density at radius 2 is 1.88 bits per heavy atom. The average molecular weight is 470 g/mol. The Morgan fingerprint density at radius 1 is 1.09 bits per heavy atom. The van der Waals surface area contributed by atoms with Crippen molar-refractivity contribution in [1.82, 2.24) is 20.3 Å². The summed E-state index contributed by atoms with van der Waals surface area (Å²) in [6, 6.07) is 8.09. The van der Waals surface area contributed by atoms with Crippen molar-refractivity contribution in [3.8, 4) is 22.8 Å². The molecule has 176 valence electrons. The minimum absolute atomic E-state index is 0.205. The van der Waals surface area contributed by atoms with Crippen LogP contribution >= 0.6 is 0 Å². The predicted molar refractivity (Wildman–Crippen MR) is 116 cm³/mol. The molecule has 1 aliphatic carbocycles. The third-order valence-corrected chi connectivity index (χ3v) is 5.67. The van der Waals surface area contributed by atoms with Crippen molar-refractivity contribution < 1.29 is 27.4 Å². The Morgan fingerprint density at radius 3 is 2.56 bits per heavy atom. The number of ether oxygens (including phenoxy) is 2. The lowest BCUT2D eigenvalue weighted by molar-refractivity contribution is -0.154. The highest BCUT2D eigenvalue weighted by atomic mass is 19.4. The summed E-state index contributed by atoms with van der Waals surface area (Å²) in [6.45, 7) is -1.15. The van der Waals surface area contributed by atoms with Crippen LogP contribution in [-0.2, 0) is 6.42 Å². The molecule has 0 spiro atoms. The quantitative estimate of drug-likeness (QED) is 0.584. The van der Waals surface area contributed by atoms with Gasteiger partial charge in [-0.1, -0.05) is 12.1 Å². The van der Waals surface area contributed by atoms with E-state index in [4.69, 9.17) is 4.74 Å². The SMILES string of the molecule is O=C(N[C@@H]1COc2cccc(-c3cnc(C4CC4)nc3)c2C1)c1ccc(OCC(F)(F)F)nc1. The van der Waals surface area contributed by atoms with E-state index in [-0.39, 0.29) is 17.5 Å². The van der Waals surface area contributed by atoms with Gasteiger partial charge in [-0.05, 0) is 30.5 Å². The third-order valence-electron chi connectivity index (χ3n) is 5.67. The van der Waals surface area contributed by atoms with Gasteiger partial charge in [0.05, 0.1) is 11.6 Å². The third kappa shape index (κ3) is 5.11. The monoisotopic (exact) mass is 470 g/mol. The van der Waals surface area contributed by atoms with Crippen LogP contribution in [-0.4, -0.2) is 46.3 Å². The lowest BCUT2D eigenvalue weighted by atomic mass is 9.94. The number of hydrogen-bond acceptors (Lipinski definition) is 6. The molecule has 1 amide bonds. The molecule has 0 radical (unpaired) electrons. The molecule has 1 N–H and O–H groups in total. The van der Waals surface area contributed by atoms with E-state index < -0.39 is 18.7 Å². The Labute approximate surface area is 193 Å². The predicted octanol–water partition coefficient (Wildman–Crippen LogP) is 4.09. The number of aromatic nitrogens is 3. The van der Waals surface area contributed by atoms with Gasteiger partial charge in [0, 0.05) is 48.1 Å². The second kappa shape index (κ2) is 8.92. The summed E-state index contributed by atoms with van der Waals surface area (Å²) in [5.41, 5.74) is 3.00. The van der Waals surface area contributed by atoms with Gasteiger partial charge < -0.3 is 14.8 Å². The van der Waals surface area contributed by atoms with Crippen LogP contribution in [0, 0.1) is 0 Å². The lowest BCUT2D eigenvalue weighted by Gasteiger charge is -2.28. The molecule has 3 heterocycles. The van der Waals surface area contributed by atoms with E-state index in [0.717, 1.165) is 41.1 Å². The van der Waals surface area contributed by atoms with E-state index in [2.05, 4.69) is 25.0 Å². The van der Waals surface area contributed by atoms with Crippen molar-refractivity contribution >= 4 is 5.91 Å². The molecule has 0 saturated heterocycles. The number of carbonyl (C=O) groups is 1. The van der Waals surface area contributed by atoms with Crippen molar-refractivity contribution in [2.24, 2.45) is 0 Å². The van der Waals surface area contributed by atoms with Crippen LogP contribution < -0.4 is 14.8 Å². The van der Waals surface area contributed by atoms with Crippen molar-refractivity contribution in [2.75, 3.05) is 13.2 Å². The maximum absolute atomic E-state index is 12.7. The molecular weight excluding hydrogens is 449 g/mol. The number of pyridine rings is 1. The fourth-order valence-electron chi connectivity index (χ4n) is 3.82. The zero-order chi connectivity index (χ0) is 23.7. The average Bonchev–Trinajstić information content (AvgIpc) is 3.68. The van der Waals surface area contributed by atoms with Crippen LogP contribution in [0.25, 0.3) is 11.1 Å². The number of amides is 1. The van der Waals surface area contributed by atoms with Crippen LogP contribution in [0.5, 0.6) is 11.6 Å². The molecule has 1 saturated carbocycles. The molecule has 7 nitrogen and oxygen atoms in total. The molecule has 5 rings (SSSR count). The molecule has 2 aromatic heterocycles. The molecule has 34 heavy (non-hydrogen) atoms. The first-order valence-corrected chi connectivity index (χ1v) is 10.9. The van der Waals surface area contributed by atoms with Crippen molar-refractivity contribution in [2.45, 2.75) is 37.4 Å². The highest BCUT2D eigenvalue weighted by molar-refractivity contribution is 5.94.